The fourth-order valence-corrected chi connectivity index (χ4v) is 2.50. The summed E-state index contributed by atoms with van der Waals surface area (Å²) in [5.41, 5.74) is 0.814. The van der Waals surface area contributed by atoms with Gasteiger partial charge in [0.2, 0.25) is 9.05 Å². The van der Waals surface area contributed by atoms with E-state index in [9.17, 15) is 12.8 Å². The Balaban J connectivity index is 3.31. The van der Waals surface area contributed by atoms with Gasteiger partial charge in [-0.15, -0.1) is 0 Å². The fraction of sp³-hybridized carbons (Fsp3) is 0.455. The molecule has 0 spiro atoms. The van der Waals surface area contributed by atoms with E-state index in [1.165, 1.54) is 19.2 Å². The van der Waals surface area contributed by atoms with Crippen LogP contribution in [-0.4, -0.2) is 15.5 Å². The monoisotopic (exact) mass is 280 g/mol. The van der Waals surface area contributed by atoms with E-state index in [1.54, 1.807) is 0 Å². The second-order valence-corrected chi connectivity index (χ2v) is 6.80. The van der Waals surface area contributed by atoms with Gasteiger partial charge in [0.1, 0.15) is 11.6 Å². The molecule has 0 atom stereocenters. The Hall–Kier alpha value is -0.810. The van der Waals surface area contributed by atoms with Gasteiger partial charge in [-0.05, 0) is 17.5 Å². The fourth-order valence-electron chi connectivity index (χ4n) is 1.55. The average molecular weight is 281 g/mol. The van der Waals surface area contributed by atoms with E-state index in [0.717, 1.165) is 0 Å². The van der Waals surface area contributed by atoms with Crippen LogP contribution in [-0.2, 0) is 14.8 Å². The van der Waals surface area contributed by atoms with Crippen molar-refractivity contribution in [3.8, 4) is 5.75 Å². The predicted molar refractivity (Wildman–Crippen MR) is 65.5 cm³/mol. The standard InChI is InChI=1S/C11H14ClFO3S/c1-7(2)9-4-8(6-17(12,14)15)11(16-3)5-10(9)13/h4-5,7H,6H2,1-3H3. The summed E-state index contributed by atoms with van der Waals surface area (Å²) in [5.74, 6) is -0.640. The number of benzene rings is 1. The maximum absolute atomic E-state index is 13.6. The van der Waals surface area contributed by atoms with Crippen LogP contribution < -0.4 is 4.74 Å². The molecule has 0 saturated carbocycles. The van der Waals surface area contributed by atoms with Crippen LogP contribution in [0.1, 0.15) is 30.9 Å². The number of methoxy groups -OCH3 is 1. The van der Waals surface area contributed by atoms with Crippen LogP contribution in [0.2, 0.25) is 0 Å². The summed E-state index contributed by atoms with van der Waals surface area (Å²) in [5, 5.41) is 0. The Bertz CT molecular complexity index is 512. The molecule has 0 aliphatic heterocycles. The van der Waals surface area contributed by atoms with E-state index in [2.05, 4.69) is 0 Å². The number of rotatable bonds is 4. The molecule has 0 aliphatic rings. The highest BCUT2D eigenvalue weighted by Gasteiger charge is 2.17. The van der Waals surface area contributed by atoms with Crippen LogP contribution >= 0.6 is 10.7 Å². The van der Waals surface area contributed by atoms with Crippen molar-refractivity contribution in [3.05, 3.63) is 29.1 Å². The smallest absolute Gasteiger partial charge is 0.236 e. The molecular formula is C11H14ClFO3S. The lowest BCUT2D eigenvalue weighted by molar-refractivity contribution is 0.406. The first-order valence-corrected chi connectivity index (χ1v) is 7.51. The first-order chi connectivity index (χ1) is 7.74. The first kappa shape index (κ1) is 14.3. The summed E-state index contributed by atoms with van der Waals surface area (Å²) >= 11 is 0. The molecule has 0 radical (unpaired) electrons. The van der Waals surface area contributed by atoms with Crippen LogP contribution in [0.25, 0.3) is 0 Å². The molecule has 1 rings (SSSR count). The van der Waals surface area contributed by atoms with Crippen molar-refractivity contribution >= 4 is 19.7 Å². The highest BCUT2D eigenvalue weighted by molar-refractivity contribution is 8.13. The summed E-state index contributed by atoms with van der Waals surface area (Å²) in [6, 6.07) is 2.67. The third-order valence-corrected chi connectivity index (χ3v) is 3.33. The Morgan fingerprint density at radius 3 is 2.41 bits per heavy atom. The van der Waals surface area contributed by atoms with Crippen molar-refractivity contribution in [2.75, 3.05) is 7.11 Å². The normalized spacial score (nSPS) is 11.9. The Morgan fingerprint density at radius 2 is 2.00 bits per heavy atom. The van der Waals surface area contributed by atoms with Crippen molar-refractivity contribution in [2.24, 2.45) is 0 Å². The van der Waals surface area contributed by atoms with Crippen LogP contribution in [0.15, 0.2) is 12.1 Å². The first-order valence-electron chi connectivity index (χ1n) is 5.03. The molecule has 0 N–H and O–H groups in total. The predicted octanol–water partition coefficient (Wildman–Crippen LogP) is 3.03. The Labute approximate surface area is 105 Å². The molecule has 0 fully saturated rings. The third kappa shape index (κ3) is 3.85. The Morgan fingerprint density at radius 1 is 1.41 bits per heavy atom. The number of hydrogen-bond acceptors (Lipinski definition) is 3. The van der Waals surface area contributed by atoms with Crippen molar-refractivity contribution in [1.82, 2.24) is 0 Å². The van der Waals surface area contributed by atoms with Gasteiger partial charge in [-0.3, -0.25) is 0 Å². The zero-order valence-electron chi connectivity index (χ0n) is 9.83. The van der Waals surface area contributed by atoms with Gasteiger partial charge >= 0.3 is 0 Å². The molecule has 17 heavy (non-hydrogen) atoms. The van der Waals surface area contributed by atoms with Crippen molar-refractivity contribution in [2.45, 2.75) is 25.5 Å². The van der Waals surface area contributed by atoms with E-state index in [1.807, 2.05) is 13.8 Å². The third-order valence-electron chi connectivity index (χ3n) is 2.35. The van der Waals surface area contributed by atoms with Crippen LogP contribution in [0, 0.1) is 5.82 Å². The molecule has 6 heteroatoms. The zero-order chi connectivity index (χ0) is 13.2. The molecule has 0 saturated heterocycles. The summed E-state index contributed by atoms with van der Waals surface area (Å²) < 4.78 is 40.7. The van der Waals surface area contributed by atoms with Gasteiger partial charge < -0.3 is 4.74 Å². The van der Waals surface area contributed by atoms with E-state index in [4.69, 9.17) is 15.4 Å². The van der Waals surface area contributed by atoms with Gasteiger partial charge in [0.05, 0.1) is 12.9 Å². The zero-order valence-corrected chi connectivity index (χ0v) is 11.4. The maximum atomic E-state index is 13.6. The number of hydrogen-bond donors (Lipinski definition) is 0. The molecule has 3 nitrogen and oxygen atoms in total. The lowest BCUT2D eigenvalue weighted by Crippen LogP contribution is -2.03. The van der Waals surface area contributed by atoms with Gasteiger partial charge in [0.25, 0.3) is 0 Å². The quantitative estimate of drug-likeness (QED) is 0.796. The van der Waals surface area contributed by atoms with Gasteiger partial charge in [-0.1, -0.05) is 13.8 Å². The minimum absolute atomic E-state index is 0.0438. The molecule has 0 heterocycles. The molecule has 0 unspecified atom stereocenters. The summed E-state index contributed by atoms with van der Waals surface area (Å²) in [6.45, 7) is 3.65. The molecular weight excluding hydrogens is 267 g/mol. The molecule has 0 aliphatic carbocycles. The van der Waals surface area contributed by atoms with Gasteiger partial charge in [-0.2, -0.15) is 0 Å². The second kappa shape index (κ2) is 5.23. The van der Waals surface area contributed by atoms with Crippen molar-refractivity contribution < 1.29 is 17.5 Å². The molecule has 1 aromatic rings. The topological polar surface area (TPSA) is 43.4 Å². The summed E-state index contributed by atoms with van der Waals surface area (Å²) in [4.78, 5) is 0. The molecule has 0 aromatic heterocycles. The molecule has 1 aromatic carbocycles. The van der Waals surface area contributed by atoms with E-state index < -0.39 is 14.9 Å². The van der Waals surface area contributed by atoms with Crippen molar-refractivity contribution in [1.29, 1.82) is 0 Å². The SMILES string of the molecule is COc1cc(F)c(C(C)C)cc1CS(=O)(=O)Cl. The lowest BCUT2D eigenvalue weighted by atomic mass is 10.00. The largest absolute Gasteiger partial charge is 0.496 e. The highest BCUT2D eigenvalue weighted by Crippen LogP contribution is 2.29. The number of halogens is 2. The molecule has 0 amide bonds. The van der Waals surface area contributed by atoms with Crippen molar-refractivity contribution in [3.63, 3.8) is 0 Å². The molecule has 96 valence electrons. The summed E-state index contributed by atoms with van der Waals surface area (Å²) in [6.07, 6.45) is 0. The summed E-state index contributed by atoms with van der Waals surface area (Å²) in [7, 11) is 2.85. The minimum atomic E-state index is -3.70. The average Bonchev–Trinajstić information content (AvgIpc) is 2.17. The van der Waals surface area contributed by atoms with Crippen LogP contribution in [0.3, 0.4) is 0 Å². The lowest BCUT2D eigenvalue weighted by Gasteiger charge is -2.13. The van der Waals surface area contributed by atoms with E-state index >= 15 is 0 Å². The Kier molecular flexibility index (Phi) is 4.38. The highest BCUT2D eigenvalue weighted by atomic mass is 35.7. The van der Waals surface area contributed by atoms with Crippen LogP contribution in [0.4, 0.5) is 4.39 Å². The minimum Gasteiger partial charge on any atom is -0.496 e. The number of ether oxygens (including phenoxy) is 1. The van der Waals surface area contributed by atoms with E-state index in [-0.39, 0.29) is 17.4 Å². The van der Waals surface area contributed by atoms with Gasteiger partial charge in [0.15, 0.2) is 0 Å². The van der Waals surface area contributed by atoms with Gasteiger partial charge in [-0.25, -0.2) is 12.8 Å². The van der Waals surface area contributed by atoms with Crippen LogP contribution in [0.5, 0.6) is 5.75 Å². The van der Waals surface area contributed by atoms with E-state index in [0.29, 0.717) is 11.1 Å². The maximum Gasteiger partial charge on any atom is 0.236 e. The molecule has 0 bridgehead atoms. The second-order valence-electron chi connectivity index (χ2n) is 4.02. The van der Waals surface area contributed by atoms with Gasteiger partial charge in [0, 0.05) is 22.3 Å².